The number of hydrogen-bond donors (Lipinski definition) is 0. The third-order valence-corrected chi connectivity index (χ3v) is 3.74. The van der Waals surface area contributed by atoms with Crippen LogP contribution in [0.3, 0.4) is 0 Å². The minimum absolute atomic E-state index is 0.0467. The van der Waals surface area contributed by atoms with Crippen molar-refractivity contribution in [2.24, 2.45) is 0 Å². The van der Waals surface area contributed by atoms with Gasteiger partial charge in [0, 0.05) is 12.6 Å². The summed E-state index contributed by atoms with van der Waals surface area (Å²) in [5, 5.41) is 12.6. The highest BCUT2D eigenvalue weighted by Crippen LogP contribution is 2.20. The molecule has 1 aliphatic carbocycles. The lowest BCUT2D eigenvalue weighted by Crippen LogP contribution is -2.26. The maximum absolute atomic E-state index is 12.3. The molecule has 0 radical (unpaired) electrons. The Bertz CT molecular complexity index is 664. The second-order valence-corrected chi connectivity index (χ2v) is 5.48. The average molecular weight is 297 g/mol. The van der Waals surface area contributed by atoms with Crippen LogP contribution < -0.4 is 0 Å². The first-order chi connectivity index (χ1) is 10.7. The molecule has 1 amide bonds. The number of rotatable bonds is 4. The second-order valence-electron chi connectivity index (χ2n) is 5.48. The van der Waals surface area contributed by atoms with Crippen LogP contribution in [0, 0.1) is 0 Å². The van der Waals surface area contributed by atoms with E-state index in [4.69, 9.17) is 0 Å². The third kappa shape index (κ3) is 3.21. The number of amides is 1. The van der Waals surface area contributed by atoms with E-state index in [0.29, 0.717) is 17.9 Å². The van der Waals surface area contributed by atoms with Crippen molar-refractivity contribution in [3.63, 3.8) is 0 Å². The van der Waals surface area contributed by atoms with Gasteiger partial charge < -0.3 is 4.90 Å². The molecule has 0 unspecified atom stereocenters. The van der Waals surface area contributed by atoms with Crippen LogP contribution in [0.25, 0.3) is 0 Å². The van der Waals surface area contributed by atoms with Gasteiger partial charge in [0.05, 0.1) is 12.6 Å². The maximum atomic E-state index is 12.3. The SMILES string of the molecule is CN(Cc1nnn([C@H]2C=CCCC2)n1)C(=O)c1ccccc1. The molecule has 1 heterocycles. The zero-order valence-corrected chi connectivity index (χ0v) is 12.6. The van der Waals surface area contributed by atoms with Crippen LogP contribution in [-0.2, 0) is 6.54 Å². The van der Waals surface area contributed by atoms with Crippen LogP contribution >= 0.6 is 0 Å². The summed E-state index contributed by atoms with van der Waals surface area (Å²) >= 11 is 0. The van der Waals surface area contributed by atoms with Crippen molar-refractivity contribution in [2.45, 2.75) is 31.8 Å². The van der Waals surface area contributed by atoms with Gasteiger partial charge in [-0.1, -0.05) is 30.4 Å². The smallest absolute Gasteiger partial charge is 0.254 e. The van der Waals surface area contributed by atoms with Crippen LogP contribution in [0.2, 0.25) is 0 Å². The fourth-order valence-electron chi connectivity index (χ4n) is 2.53. The zero-order chi connectivity index (χ0) is 15.4. The summed E-state index contributed by atoms with van der Waals surface area (Å²) in [6.07, 6.45) is 7.57. The predicted octanol–water partition coefficient (Wildman–Crippen LogP) is 2.23. The van der Waals surface area contributed by atoms with E-state index in [1.807, 2.05) is 18.2 Å². The summed E-state index contributed by atoms with van der Waals surface area (Å²) in [5.74, 6) is 0.514. The van der Waals surface area contributed by atoms with E-state index >= 15 is 0 Å². The van der Waals surface area contributed by atoms with Crippen molar-refractivity contribution in [1.82, 2.24) is 25.1 Å². The fraction of sp³-hybridized carbons (Fsp3) is 0.375. The number of carbonyl (C=O) groups is 1. The molecule has 1 aliphatic rings. The van der Waals surface area contributed by atoms with Crippen LogP contribution in [0.4, 0.5) is 0 Å². The van der Waals surface area contributed by atoms with E-state index < -0.39 is 0 Å². The van der Waals surface area contributed by atoms with E-state index in [0.717, 1.165) is 19.3 Å². The Balaban J connectivity index is 1.66. The number of aromatic nitrogens is 4. The van der Waals surface area contributed by atoms with Crippen molar-refractivity contribution < 1.29 is 4.79 Å². The monoisotopic (exact) mass is 297 g/mol. The lowest BCUT2D eigenvalue weighted by atomic mass is 10.0. The molecule has 1 atom stereocenters. The van der Waals surface area contributed by atoms with Gasteiger partial charge in [-0.3, -0.25) is 4.79 Å². The normalized spacial score (nSPS) is 17.4. The molecule has 22 heavy (non-hydrogen) atoms. The van der Waals surface area contributed by atoms with Gasteiger partial charge in [-0.15, -0.1) is 10.2 Å². The van der Waals surface area contributed by atoms with Crippen LogP contribution in [0.15, 0.2) is 42.5 Å². The van der Waals surface area contributed by atoms with E-state index in [1.54, 1.807) is 28.9 Å². The van der Waals surface area contributed by atoms with Gasteiger partial charge in [0.1, 0.15) is 0 Å². The highest BCUT2D eigenvalue weighted by Gasteiger charge is 2.17. The van der Waals surface area contributed by atoms with Gasteiger partial charge in [-0.2, -0.15) is 4.80 Å². The number of allylic oxidation sites excluding steroid dienone is 2. The Morgan fingerprint density at radius 2 is 2.18 bits per heavy atom. The van der Waals surface area contributed by atoms with Crippen LogP contribution in [0.1, 0.15) is 41.5 Å². The highest BCUT2D eigenvalue weighted by atomic mass is 16.2. The highest BCUT2D eigenvalue weighted by molar-refractivity contribution is 5.93. The number of hydrogen-bond acceptors (Lipinski definition) is 4. The van der Waals surface area contributed by atoms with Gasteiger partial charge in [0.25, 0.3) is 5.91 Å². The van der Waals surface area contributed by atoms with Crippen molar-refractivity contribution in [2.75, 3.05) is 7.05 Å². The molecule has 6 nitrogen and oxygen atoms in total. The first-order valence-corrected chi connectivity index (χ1v) is 7.49. The molecular formula is C16H19N5O. The topological polar surface area (TPSA) is 63.9 Å². The van der Waals surface area contributed by atoms with Crippen LogP contribution in [0.5, 0.6) is 0 Å². The summed E-state index contributed by atoms with van der Waals surface area (Å²) in [7, 11) is 1.75. The maximum Gasteiger partial charge on any atom is 0.254 e. The average Bonchev–Trinajstić information content (AvgIpc) is 3.04. The molecule has 114 valence electrons. The Labute approximate surface area is 129 Å². The van der Waals surface area contributed by atoms with Gasteiger partial charge in [-0.25, -0.2) is 0 Å². The first-order valence-electron chi connectivity index (χ1n) is 7.49. The Hall–Kier alpha value is -2.50. The van der Waals surface area contributed by atoms with Gasteiger partial charge in [0.15, 0.2) is 5.82 Å². The molecule has 0 saturated heterocycles. The molecule has 2 aromatic rings. The summed E-state index contributed by atoms with van der Waals surface area (Å²) in [4.78, 5) is 15.5. The van der Waals surface area contributed by atoms with Gasteiger partial charge >= 0.3 is 0 Å². The van der Waals surface area contributed by atoms with E-state index in [2.05, 4.69) is 27.6 Å². The summed E-state index contributed by atoms with van der Waals surface area (Å²) in [6.45, 7) is 0.351. The molecule has 0 aliphatic heterocycles. The Morgan fingerprint density at radius 1 is 1.36 bits per heavy atom. The Morgan fingerprint density at radius 3 is 2.91 bits per heavy atom. The molecule has 1 aromatic heterocycles. The van der Waals surface area contributed by atoms with Crippen LogP contribution in [-0.4, -0.2) is 38.1 Å². The molecule has 0 spiro atoms. The summed E-state index contributed by atoms with van der Waals surface area (Å²) in [5.41, 5.74) is 0.660. The number of nitrogens with zero attached hydrogens (tertiary/aromatic N) is 5. The van der Waals surface area contributed by atoms with Gasteiger partial charge in [0.2, 0.25) is 0 Å². The second kappa shape index (κ2) is 6.51. The lowest BCUT2D eigenvalue weighted by Gasteiger charge is -2.15. The number of benzene rings is 1. The molecular weight excluding hydrogens is 278 g/mol. The zero-order valence-electron chi connectivity index (χ0n) is 12.6. The Kier molecular flexibility index (Phi) is 4.27. The minimum Gasteiger partial charge on any atom is -0.334 e. The quantitative estimate of drug-likeness (QED) is 0.812. The van der Waals surface area contributed by atoms with Gasteiger partial charge in [-0.05, 0) is 36.6 Å². The van der Waals surface area contributed by atoms with Crippen molar-refractivity contribution in [3.05, 3.63) is 53.9 Å². The molecule has 3 rings (SSSR count). The predicted molar refractivity (Wildman–Crippen MR) is 82.1 cm³/mol. The lowest BCUT2D eigenvalue weighted by molar-refractivity contribution is 0.0781. The number of carbonyl (C=O) groups excluding carboxylic acids is 1. The fourth-order valence-corrected chi connectivity index (χ4v) is 2.53. The minimum atomic E-state index is -0.0467. The van der Waals surface area contributed by atoms with E-state index in [-0.39, 0.29) is 11.9 Å². The molecule has 0 fully saturated rings. The van der Waals surface area contributed by atoms with Crippen molar-refractivity contribution in [3.8, 4) is 0 Å². The van der Waals surface area contributed by atoms with E-state index in [1.165, 1.54) is 0 Å². The molecule has 6 heteroatoms. The molecule has 0 bridgehead atoms. The molecule has 0 saturated carbocycles. The largest absolute Gasteiger partial charge is 0.334 e. The van der Waals surface area contributed by atoms with E-state index in [9.17, 15) is 4.79 Å². The molecule has 1 aromatic carbocycles. The summed E-state index contributed by atoms with van der Waals surface area (Å²) < 4.78 is 0. The van der Waals surface area contributed by atoms with Crippen molar-refractivity contribution >= 4 is 5.91 Å². The van der Waals surface area contributed by atoms with Crippen molar-refractivity contribution in [1.29, 1.82) is 0 Å². The first kappa shape index (κ1) is 14.4. The molecule has 0 N–H and O–H groups in total. The summed E-state index contributed by atoms with van der Waals surface area (Å²) in [6, 6.07) is 9.38. The third-order valence-electron chi connectivity index (χ3n) is 3.74. The standard InChI is InChI=1S/C16H19N5O/c1-20(16(22)13-8-4-2-5-9-13)12-15-17-19-21(18-15)14-10-6-3-7-11-14/h2,4-6,8-10,14H,3,7,11-12H2,1H3/t14-/m0/s1. The number of tetrazole rings is 1.